The van der Waals surface area contributed by atoms with Gasteiger partial charge in [-0.2, -0.15) is 8.42 Å². The normalized spacial score (nSPS) is 13.3. The molecule has 5 aromatic rings. The van der Waals surface area contributed by atoms with E-state index in [4.69, 9.17) is 14.0 Å². The molecule has 292 valence electrons. The van der Waals surface area contributed by atoms with Gasteiger partial charge in [0, 0.05) is 72.3 Å². The summed E-state index contributed by atoms with van der Waals surface area (Å²) in [6, 6.07) is 27.6. The highest BCUT2D eigenvalue weighted by Gasteiger charge is 2.39. The summed E-state index contributed by atoms with van der Waals surface area (Å²) in [5, 5.41) is 7.29. The zero-order chi connectivity index (χ0) is 39.3. The average Bonchev–Trinajstić information content (AvgIpc) is 3.19. The molecule has 14 nitrogen and oxygen atoms in total. The quantitative estimate of drug-likeness (QED) is 0.0884. The van der Waals surface area contributed by atoms with Gasteiger partial charge >= 0.3 is 0 Å². The highest BCUT2D eigenvalue weighted by molar-refractivity contribution is 7.85. The Labute approximate surface area is 324 Å². The van der Waals surface area contributed by atoms with E-state index in [1.807, 2.05) is 55.5 Å². The molecular formula is C41H42N4O10S. The van der Waals surface area contributed by atoms with E-state index in [1.165, 1.54) is 21.9 Å². The van der Waals surface area contributed by atoms with Crippen LogP contribution in [-0.2, 0) is 23.2 Å². The predicted octanol–water partition coefficient (Wildman–Crippen LogP) is 4.05. The molecule has 2 aliphatic heterocycles. The number of aryl methyl sites for hydroxylation is 1. The maximum absolute atomic E-state index is 13.5. The van der Waals surface area contributed by atoms with E-state index < -0.39 is 33.7 Å². The second-order valence-electron chi connectivity index (χ2n) is 12.9. The molecule has 0 atom stereocenters. The molecule has 0 aliphatic carbocycles. The van der Waals surface area contributed by atoms with Crippen LogP contribution in [0.5, 0.6) is 11.5 Å². The molecule has 0 unspecified atom stereocenters. The first-order valence-electron chi connectivity index (χ1n) is 17.4. The molecule has 0 fully saturated rings. The Bertz CT molecular complexity index is 2170. The van der Waals surface area contributed by atoms with E-state index in [2.05, 4.69) is 10.6 Å². The first kappa shape index (κ1) is 41.2. The van der Waals surface area contributed by atoms with E-state index in [0.29, 0.717) is 59.2 Å². The topological polar surface area (TPSA) is 203 Å². The Morgan fingerprint density at radius 3 is 1.20 bits per heavy atom. The zero-order valence-corrected chi connectivity index (χ0v) is 31.8. The van der Waals surface area contributed by atoms with Crippen LogP contribution in [0.15, 0.2) is 102 Å². The molecule has 0 saturated heterocycles. The zero-order valence-electron chi connectivity index (χ0n) is 31.0. The van der Waals surface area contributed by atoms with Gasteiger partial charge in [0.05, 0.1) is 19.1 Å². The van der Waals surface area contributed by atoms with Crippen LogP contribution in [0.3, 0.4) is 0 Å². The standard InChI is InChI=1S/C34H32N4O6.C7H8O3S.H2O/c1-43-23-7-3-21(4-8-23)19-35-15-17-37-31(39)25-11-13-27-30-28(14-12-26(29(25)30)32(37)40)34(42)38(33(27)41)18-16-36-20-22-5-9-24(44-2)10-6-22;1-6-2-4-7(5-3-6)11(8,9)10;/h3-14,35-36H,15-20H2,1-2H3;2-5H,1H3,(H,8,9,10);1H2. The highest BCUT2D eigenvalue weighted by atomic mass is 32.2. The highest BCUT2D eigenvalue weighted by Crippen LogP contribution is 2.37. The second kappa shape index (κ2) is 17.7. The summed E-state index contributed by atoms with van der Waals surface area (Å²) in [5.74, 6) is -0.230. The molecule has 5 N–H and O–H groups in total. The van der Waals surface area contributed by atoms with Crippen molar-refractivity contribution < 1.29 is 47.1 Å². The lowest BCUT2D eigenvalue weighted by Gasteiger charge is -2.32. The van der Waals surface area contributed by atoms with Gasteiger partial charge in [-0.25, -0.2) is 0 Å². The van der Waals surface area contributed by atoms with Gasteiger partial charge in [-0.1, -0.05) is 42.0 Å². The number of hydrogen-bond donors (Lipinski definition) is 3. The molecule has 5 aromatic carbocycles. The summed E-state index contributed by atoms with van der Waals surface area (Å²) >= 11 is 0. The average molecular weight is 783 g/mol. The van der Waals surface area contributed by atoms with Crippen LogP contribution in [0.4, 0.5) is 0 Å². The maximum atomic E-state index is 13.5. The molecule has 0 saturated carbocycles. The fraction of sp³-hybridized carbons (Fsp3) is 0.220. The summed E-state index contributed by atoms with van der Waals surface area (Å²) in [6.07, 6.45) is 0. The fourth-order valence-electron chi connectivity index (χ4n) is 6.42. The molecular weight excluding hydrogens is 741 g/mol. The minimum atomic E-state index is -4.02. The van der Waals surface area contributed by atoms with Gasteiger partial charge in [0.2, 0.25) is 0 Å². The van der Waals surface area contributed by atoms with Crippen molar-refractivity contribution in [2.75, 3.05) is 40.4 Å². The maximum Gasteiger partial charge on any atom is 0.294 e. The van der Waals surface area contributed by atoms with Crippen LogP contribution in [0, 0.1) is 6.92 Å². The van der Waals surface area contributed by atoms with Gasteiger partial charge in [0.25, 0.3) is 33.7 Å². The Kier molecular flexibility index (Phi) is 13.0. The number of ether oxygens (including phenoxy) is 2. The van der Waals surface area contributed by atoms with E-state index in [9.17, 15) is 27.6 Å². The van der Waals surface area contributed by atoms with Crippen molar-refractivity contribution in [2.45, 2.75) is 24.9 Å². The predicted molar refractivity (Wildman–Crippen MR) is 209 cm³/mol. The number of nitrogens with zero attached hydrogens (tertiary/aromatic N) is 2. The third-order valence-corrected chi connectivity index (χ3v) is 10.3. The number of carbonyl (C=O) groups is 4. The van der Waals surface area contributed by atoms with Crippen LogP contribution in [0.2, 0.25) is 0 Å². The smallest absolute Gasteiger partial charge is 0.294 e. The van der Waals surface area contributed by atoms with E-state index in [1.54, 1.807) is 50.6 Å². The van der Waals surface area contributed by atoms with Crippen LogP contribution < -0.4 is 20.1 Å². The van der Waals surface area contributed by atoms with Gasteiger partial charge in [0.1, 0.15) is 11.5 Å². The van der Waals surface area contributed by atoms with Crippen molar-refractivity contribution >= 4 is 44.5 Å². The lowest BCUT2D eigenvalue weighted by atomic mass is 9.86. The van der Waals surface area contributed by atoms with Crippen molar-refractivity contribution in [3.8, 4) is 11.5 Å². The number of hydrogen-bond acceptors (Lipinski definition) is 10. The molecule has 2 aliphatic rings. The SMILES string of the molecule is COc1ccc(CNCCN2C(=O)c3ccc4c5c(ccc(c35)C2=O)C(=O)N(CCNCc2ccc(OC)cc2)C4=O)cc1.Cc1ccc(S(=O)(=O)O)cc1.O. The summed E-state index contributed by atoms with van der Waals surface area (Å²) in [4.78, 5) is 56.4. The molecule has 2 heterocycles. The fourth-order valence-corrected chi connectivity index (χ4v) is 6.90. The van der Waals surface area contributed by atoms with Crippen LogP contribution in [-0.4, -0.2) is 92.3 Å². The largest absolute Gasteiger partial charge is 0.497 e. The first-order chi connectivity index (χ1) is 26.4. The number of rotatable bonds is 13. The van der Waals surface area contributed by atoms with Crippen molar-refractivity contribution in [1.82, 2.24) is 20.4 Å². The minimum absolute atomic E-state index is 0. The van der Waals surface area contributed by atoms with Crippen molar-refractivity contribution in [3.05, 3.63) is 136 Å². The molecule has 0 radical (unpaired) electrons. The molecule has 7 rings (SSSR count). The van der Waals surface area contributed by atoms with Crippen LogP contribution >= 0.6 is 0 Å². The van der Waals surface area contributed by atoms with Crippen LogP contribution in [0.25, 0.3) is 10.8 Å². The second-order valence-corrected chi connectivity index (χ2v) is 14.4. The van der Waals surface area contributed by atoms with E-state index >= 15 is 0 Å². The third-order valence-electron chi connectivity index (χ3n) is 9.38. The number of amides is 4. The van der Waals surface area contributed by atoms with Crippen LogP contribution in [0.1, 0.15) is 58.1 Å². The number of imide groups is 2. The molecule has 0 bridgehead atoms. The Balaban J connectivity index is 0.000000433. The van der Waals surface area contributed by atoms with Gasteiger partial charge in [-0.15, -0.1) is 0 Å². The molecule has 4 amide bonds. The lowest BCUT2D eigenvalue weighted by molar-refractivity contribution is 0.0590. The molecule has 15 heteroatoms. The van der Waals surface area contributed by atoms with E-state index in [-0.39, 0.29) is 23.5 Å². The summed E-state index contributed by atoms with van der Waals surface area (Å²) in [5.41, 5.74) is 4.29. The summed E-state index contributed by atoms with van der Waals surface area (Å²) < 4.78 is 39.9. The Morgan fingerprint density at radius 1 is 0.554 bits per heavy atom. The van der Waals surface area contributed by atoms with Gasteiger partial charge in [-0.05, 0) is 78.7 Å². The minimum Gasteiger partial charge on any atom is -0.497 e. The Morgan fingerprint density at radius 2 is 0.893 bits per heavy atom. The lowest BCUT2D eigenvalue weighted by Crippen LogP contribution is -2.46. The number of benzene rings is 5. The Hall–Kier alpha value is -5.97. The van der Waals surface area contributed by atoms with Gasteiger partial charge < -0.3 is 25.6 Å². The molecule has 0 aromatic heterocycles. The molecule has 0 spiro atoms. The van der Waals surface area contributed by atoms with Gasteiger partial charge in [-0.3, -0.25) is 33.5 Å². The van der Waals surface area contributed by atoms with Crippen molar-refractivity contribution in [3.63, 3.8) is 0 Å². The monoisotopic (exact) mass is 782 g/mol. The van der Waals surface area contributed by atoms with Crippen molar-refractivity contribution in [2.24, 2.45) is 0 Å². The summed E-state index contributed by atoms with van der Waals surface area (Å²) in [7, 11) is -0.793. The van der Waals surface area contributed by atoms with Gasteiger partial charge in [0.15, 0.2) is 0 Å². The van der Waals surface area contributed by atoms with E-state index in [0.717, 1.165) is 28.2 Å². The molecule has 56 heavy (non-hydrogen) atoms. The first-order valence-corrected chi connectivity index (χ1v) is 18.9. The summed E-state index contributed by atoms with van der Waals surface area (Å²) in [6.45, 7) is 4.12. The number of methoxy groups -OCH3 is 2. The third kappa shape index (κ3) is 8.77. The number of nitrogens with one attached hydrogen (secondary N) is 2. The van der Waals surface area contributed by atoms with Crippen molar-refractivity contribution in [1.29, 1.82) is 0 Å². The number of carbonyl (C=O) groups excluding carboxylic acids is 4.